The van der Waals surface area contributed by atoms with Gasteiger partial charge in [-0.25, -0.2) is 0 Å². The van der Waals surface area contributed by atoms with E-state index in [1.807, 2.05) is 0 Å². The zero-order valence-electron chi connectivity index (χ0n) is 9.75. The van der Waals surface area contributed by atoms with Gasteiger partial charge in [0.25, 0.3) is 20.0 Å². The fourth-order valence-electron chi connectivity index (χ4n) is 1.29. The van der Waals surface area contributed by atoms with Crippen molar-refractivity contribution in [1.82, 2.24) is 0 Å². The molecule has 0 heterocycles. The maximum Gasteiger partial charge on any atom is 0.295 e. The van der Waals surface area contributed by atoms with Crippen LogP contribution in [0.25, 0.3) is 0 Å². The molecule has 0 radical (unpaired) electrons. The first-order valence-electron chi connectivity index (χ1n) is 5.49. The van der Waals surface area contributed by atoms with Crippen LogP contribution in [0.4, 0.5) is 0 Å². The first-order valence-corrected chi connectivity index (χ1v) is 8.62. The zero-order valence-corrected chi connectivity index (χ0v) is 14.6. The Bertz CT molecular complexity index is 116. The fraction of sp³-hybridized carbons (Fsp3) is 1.00. The molecule has 0 aromatic carbocycles. The average molecular weight is 253 g/mol. The van der Waals surface area contributed by atoms with Crippen LogP contribution in [-0.4, -0.2) is 37.1 Å². The Morgan fingerprint density at radius 1 is 1.29 bits per heavy atom. The van der Waals surface area contributed by atoms with Crippen molar-refractivity contribution < 1.29 is 12.7 Å². The van der Waals surface area contributed by atoms with Gasteiger partial charge in [-0.05, 0) is 12.3 Å². The van der Waals surface area contributed by atoms with E-state index < -0.39 is 20.0 Å². The lowest BCUT2D eigenvalue weighted by molar-refractivity contribution is 0.216. The topological polar surface area (TPSA) is 27.7 Å². The molecule has 0 aromatic heterocycles. The second kappa shape index (κ2) is 11.6. The molecule has 0 aliphatic carbocycles. The van der Waals surface area contributed by atoms with Gasteiger partial charge in [-0.1, -0.05) is 33.1 Å². The molecule has 0 aliphatic rings. The van der Waals surface area contributed by atoms with E-state index in [2.05, 4.69) is 13.8 Å². The van der Waals surface area contributed by atoms with Gasteiger partial charge in [-0.3, -0.25) is 0 Å². The van der Waals surface area contributed by atoms with Crippen LogP contribution < -0.4 is 0 Å². The Labute approximate surface area is 95.6 Å². The fourth-order valence-corrected chi connectivity index (χ4v) is 4.63. The van der Waals surface area contributed by atoms with Gasteiger partial charge >= 0.3 is 0 Å². The third kappa shape index (κ3) is 9.10. The summed E-state index contributed by atoms with van der Waals surface area (Å²) in [4.78, 5) is 0. The Balaban J connectivity index is 3.24. The smallest absolute Gasteiger partial charge is 0.295 e. The molecule has 0 N–H and O–H groups in total. The highest BCUT2D eigenvalue weighted by Gasteiger charge is 2.05. The van der Waals surface area contributed by atoms with Gasteiger partial charge in [-0.15, -0.1) is 0 Å². The molecule has 3 nitrogen and oxygen atoms in total. The van der Waals surface area contributed by atoms with E-state index in [1.165, 1.54) is 25.7 Å². The van der Waals surface area contributed by atoms with Crippen molar-refractivity contribution in [2.24, 2.45) is 5.92 Å². The lowest BCUT2D eigenvalue weighted by Crippen LogP contribution is -2.15. The standard InChI is InChI=1S/C8H24O3Si3/c1-3-5-6-8(4-2)7-9-13-11-14-10-12/h8H,3-7,13-14H2,1-2,12H3. The minimum atomic E-state index is -0.716. The normalized spacial score (nSPS) is 15.0. The van der Waals surface area contributed by atoms with Crippen molar-refractivity contribution in [3.63, 3.8) is 0 Å². The molecule has 14 heavy (non-hydrogen) atoms. The Hall–Kier alpha value is 0.531. The van der Waals surface area contributed by atoms with Crippen molar-refractivity contribution in [3.8, 4) is 0 Å². The molecule has 0 aromatic rings. The molecule has 86 valence electrons. The molecular formula is C8H24O3Si3. The van der Waals surface area contributed by atoms with Crippen molar-refractivity contribution in [1.29, 1.82) is 0 Å². The molecule has 0 fully saturated rings. The van der Waals surface area contributed by atoms with Crippen LogP contribution in [0.3, 0.4) is 0 Å². The first kappa shape index (κ1) is 14.5. The van der Waals surface area contributed by atoms with Gasteiger partial charge in [0.15, 0.2) is 0 Å². The van der Waals surface area contributed by atoms with Crippen LogP contribution in [0.15, 0.2) is 0 Å². The maximum atomic E-state index is 5.57. The largest absolute Gasteiger partial charge is 0.449 e. The van der Waals surface area contributed by atoms with Crippen molar-refractivity contribution in [2.75, 3.05) is 6.61 Å². The highest BCUT2D eigenvalue weighted by atomic mass is 28.4. The van der Waals surface area contributed by atoms with Gasteiger partial charge in [0.2, 0.25) is 0 Å². The number of rotatable bonds is 10. The highest BCUT2D eigenvalue weighted by molar-refractivity contribution is 6.37. The van der Waals surface area contributed by atoms with E-state index >= 15 is 0 Å². The summed E-state index contributed by atoms with van der Waals surface area (Å²) in [5.74, 6) is 0.740. The molecule has 1 atom stereocenters. The number of hydrogen-bond acceptors (Lipinski definition) is 3. The summed E-state index contributed by atoms with van der Waals surface area (Å²) in [5, 5.41) is 0. The average Bonchev–Trinajstić information content (AvgIpc) is 2.22. The van der Waals surface area contributed by atoms with Crippen LogP contribution in [0.1, 0.15) is 39.5 Å². The minimum Gasteiger partial charge on any atom is -0.449 e. The number of hydrogen-bond donors (Lipinski definition) is 0. The van der Waals surface area contributed by atoms with Crippen LogP contribution in [0.5, 0.6) is 0 Å². The van der Waals surface area contributed by atoms with Crippen molar-refractivity contribution >= 4 is 30.5 Å². The van der Waals surface area contributed by atoms with Crippen LogP contribution in [0, 0.1) is 5.92 Å². The number of unbranched alkanes of at least 4 members (excludes halogenated alkanes) is 1. The van der Waals surface area contributed by atoms with Crippen LogP contribution >= 0.6 is 0 Å². The van der Waals surface area contributed by atoms with E-state index in [1.54, 1.807) is 0 Å². The molecular weight excluding hydrogens is 228 g/mol. The van der Waals surface area contributed by atoms with E-state index in [0.29, 0.717) is 0 Å². The SMILES string of the molecule is CCCCC(CC)CO[SiH2]O[SiH2]O[SiH3]. The second-order valence-corrected chi connectivity index (χ2v) is 8.34. The molecule has 0 rings (SSSR count). The summed E-state index contributed by atoms with van der Waals surface area (Å²) in [6.45, 7) is 5.37. The summed E-state index contributed by atoms with van der Waals surface area (Å²) >= 11 is 0. The molecule has 0 spiro atoms. The Kier molecular flexibility index (Phi) is 12.0. The lowest BCUT2D eigenvalue weighted by atomic mass is 10.0. The maximum absolute atomic E-state index is 5.57. The monoisotopic (exact) mass is 252 g/mol. The van der Waals surface area contributed by atoms with E-state index in [0.717, 1.165) is 23.0 Å². The molecule has 0 bridgehead atoms. The molecule has 1 unspecified atom stereocenters. The van der Waals surface area contributed by atoms with Gasteiger partial charge in [0.05, 0.1) is 0 Å². The van der Waals surface area contributed by atoms with Gasteiger partial charge in [0, 0.05) is 6.61 Å². The quantitative estimate of drug-likeness (QED) is 0.389. The predicted molar refractivity (Wildman–Crippen MR) is 68.5 cm³/mol. The van der Waals surface area contributed by atoms with Gasteiger partial charge in [-0.2, -0.15) is 0 Å². The van der Waals surface area contributed by atoms with Crippen LogP contribution in [0.2, 0.25) is 0 Å². The first-order chi connectivity index (χ1) is 6.85. The van der Waals surface area contributed by atoms with Gasteiger partial charge in [0.1, 0.15) is 10.5 Å². The van der Waals surface area contributed by atoms with Crippen molar-refractivity contribution in [2.45, 2.75) is 39.5 Å². The highest BCUT2D eigenvalue weighted by Crippen LogP contribution is 2.12. The summed E-state index contributed by atoms with van der Waals surface area (Å²) < 4.78 is 16.0. The third-order valence-electron chi connectivity index (χ3n) is 2.26. The third-order valence-corrected chi connectivity index (χ3v) is 4.94. The van der Waals surface area contributed by atoms with Crippen LogP contribution in [-0.2, 0) is 12.7 Å². The minimum absolute atomic E-state index is 0.647. The van der Waals surface area contributed by atoms with Gasteiger partial charge < -0.3 is 12.7 Å². The molecule has 0 saturated carbocycles. The summed E-state index contributed by atoms with van der Waals surface area (Å²) in [6, 6.07) is 0. The van der Waals surface area contributed by atoms with E-state index in [-0.39, 0.29) is 0 Å². The Morgan fingerprint density at radius 3 is 2.64 bits per heavy atom. The zero-order chi connectivity index (χ0) is 10.6. The predicted octanol–water partition coefficient (Wildman–Crippen LogP) is -0.469. The van der Waals surface area contributed by atoms with E-state index in [4.69, 9.17) is 12.7 Å². The molecule has 0 aliphatic heterocycles. The lowest BCUT2D eigenvalue weighted by Gasteiger charge is -2.14. The summed E-state index contributed by atoms with van der Waals surface area (Å²) in [6.07, 6.45) is 5.13. The summed E-state index contributed by atoms with van der Waals surface area (Å²) in [5.41, 5.74) is 0. The Morgan fingerprint density at radius 2 is 2.07 bits per heavy atom. The molecule has 0 amide bonds. The summed E-state index contributed by atoms with van der Waals surface area (Å²) in [7, 11) is -0.554. The van der Waals surface area contributed by atoms with Crippen molar-refractivity contribution in [3.05, 3.63) is 0 Å². The van der Waals surface area contributed by atoms with E-state index in [9.17, 15) is 0 Å². The molecule has 6 heteroatoms. The molecule has 0 saturated heterocycles. The second-order valence-electron chi connectivity index (χ2n) is 3.52.